The first kappa shape index (κ1) is 11.7. The molecule has 1 amide bonds. The summed E-state index contributed by atoms with van der Waals surface area (Å²) in [5.74, 6) is -0.443. The summed E-state index contributed by atoms with van der Waals surface area (Å²) in [6.07, 6.45) is 1.75. The van der Waals surface area contributed by atoms with Crippen molar-refractivity contribution in [3.8, 4) is 0 Å². The van der Waals surface area contributed by atoms with Crippen molar-refractivity contribution in [3.05, 3.63) is 18.0 Å². The fourth-order valence-corrected chi connectivity index (χ4v) is 1.11. The number of hydrogen-bond donors (Lipinski definition) is 2. The van der Waals surface area contributed by atoms with E-state index in [9.17, 15) is 4.79 Å². The maximum atomic E-state index is 10.3. The molecule has 6 heteroatoms. The highest BCUT2D eigenvalue weighted by molar-refractivity contribution is 5.74. The third-order valence-corrected chi connectivity index (χ3v) is 1.90. The van der Waals surface area contributed by atoms with Crippen LogP contribution in [0.4, 0.5) is 0 Å². The van der Waals surface area contributed by atoms with Crippen molar-refractivity contribution in [2.24, 2.45) is 12.8 Å². The zero-order chi connectivity index (χ0) is 11.1. The van der Waals surface area contributed by atoms with Crippen LogP contribution in [0.3, 0.4) is 0 Å². The van der Waals surface area contributed by atoms with Crippen LogP contribution in [-0.4, -0.2) is 35.4 Å². The minimum Gasteiger partial charge on any atom is -0.370 e. The van der Waals surface area contributed by atoms with Gasteiger partial charge in [0.1, 0.15) is 6.61 Å². The summed E-state index contributed by atoms with van der Waals surface area (Å²) in [6, 6.07) is 1.94. The lowest BCUT2D eigenvalue weighted by Crippen LogP contribution is -2.24. The first-order chi connectivity index (χ1) is 7.20. The highest BCUT2D eigenvalue weighted by atomic mass is 16.5. The summed E-state index contributed by atoms with van der Waals surface area (Å²) in [5.41, 5.74) is 6.01. The van der Waals surface area contributed by atoms with Gasteiger partial charge in [-0.15, -0.1) is 0 Å². The van der Waals surface area contributed by atoms with Crippen molar-refractivity contribution >= 4 is 5.91 Å². The molecule has 6 nitrogen and oxygen atoms in total. The van der Waals surface area contributed by atoms with E-state index in [-0.39, 0.29) is 6.61 Å². The van der Waals surface area contributed by atoms with Crippen molar-refractivity contribution in [1.82, 2.24) is 15.1 Å². The van der Waals surface area contributed by atoms with Gasteiger partial charge in [-0.3, -0.25) is 9.48 Å². The van der Waals surface area contributed by atoms with Gasteiger partial charge in [0.05, 0.1) is 12.3 Å². The fraction of sp³-hybridized carbons (Fsp3) is 0.556. The normalized spacial score (nSPS) is 10.5. The van der Waals surface area contributed by atoms with Crippen molar-refractivity contribution in [2.45, 2.75) is 6.54 Å². The minimum atomic E-state index is -0.443. The summed E-state index contributed by atoms with van der Waals surface area (Å²) >= 11 is 0. The van der Waals surface area contributed by atoms with Gasteiger partial charge in [-0.25, -0.2) is 0 Å². The van der Waals surface area contributed by atoms with Crippen molar-refractivity contribution in [2.75, 3.05) is 19.8 Å². The Morgan fingerprint density at radius 3 is 3.13 bits per heavy atom. The molecule has 0 unspecified atom stereocenters. The Hall–Kier alpha value is -1.40. The van der Waals surface area contributed by atoms with E-state index in [4.69, 9.17) is 10.5 Å². The van der Waals surface area contributed by atoms with Gasteiger partial charge in [0.15, 0.2) is 0 Å². The predicted octanol–water partition coefficient (Wildman–Crippen LogP) is -0.988. The number of amides is 1. The van der Waals surface area contributed by atoms with Gasteiger partial charge in [0.2, 0.25) is 5.91 Å². The van der Waals surface area contributed by atoms with Gasteiger partial charge in [0.25, 0.3) is 0 Å². The Balaban J connectivity index is 2.03. The molecule has 0 aromatic carbocycles. The van der Waals surface area contributed by atoms with Crippen molar-refractivity contribution in [1.29, 1.82) is 0 Å². The molecule has 0 radical (unpaired) electrons. The molecule has 15 heavy (non-hydrogen) atoms. The lowest BCUT2D eigenvalue weighted by Gasteiger charge is -2.05. The molecule has 0 saturated carbocycles. The quantitative estimate of drug-likeness (QED) is 0.569. The smallest absolute Gasteiger partial charge is 0.243 e. The molecule has 0 aliphatic rings. The Bertz CT molecular complexity index is 311. The number of carbonyl (C=O) groups is 1. The van der Waals surface area contributed by atoms with Crippen LogP contribution in [0, 0.1) is 0 Å². The van der Waals surface area contributed by atoms with E-state index in [2.05, 4.69) is 10.4 Å². The topological polar surface area (TPSA) is 82.2 Å². The zero-order valence-electron chi connectivity index (χ0n) is 8.77. The zero-order valence-corrected chi connectivity index (χ0v) is 8.77. The number of ether oxygens (including phenoxy) is 1. The molecular weight excluding hydrogens is 196 g/mol. The van der Waals surface area contributed by atoms with Crippen LogP contribution < -0.4 is 11.1 Å². The summed E-state index contributed by atoms with van der Waals surface area (Å²) < 4.78 is 6.79. The second kappa shape index (κ2) is 6.15. The SMILES string of the molecule is Cn1nccc1CNCCOCC(N)=O. The van der Waals surface area contributed by atoms with Crippen LogP contribution in [0.2, 0.25) is 0 Å². The van der Waals surface area contributed by atoms with E-state index >= 15 is 0 Å². The largest absolute Gasteiger partial charge is 0.370 e. The van der Waals surface area contributed by atoms with Gasteiger partial charge in [-0.05, 0) is 6.07 Å². The standard InChI is InChI=1S/C9H16N4O2/c1-13-8(2-3-12-13)6-11-4-5-15-7-9(10)14/h2-3,11H,4-7H2,1H3,(H2,10,14). The third kappa shape index (κ3) is 4.57. The van der Waals surface area contributed by atoms with Crippen LogP contribution in [-0.2, 0) is 23.1 Å². The van der Waals surface area contributed by atoms with Crippen LogP contribution in [0.5, 0.6) is 0 Å². The summed E-state index contributed by atoms with van der Waals surface area (Å²) in [5, 5.41) is 7.20. The first-order valence-electron chi connectivity index (χ1n) is 4.74. The predicted molar refractivity (Wildman–Crippen MR) is 54.9 cm³/mol. The van der Waals surface area contributed by atoms with Crippen LogP contribution in [0.25, 0.3) is 0 Å². The number of aromatic nitrogens is 2. The first-order valence-corrected chi connectivity index (χ1v) is 4.74. The highest BCUT2D eigenvalue weighted by Gasteiger charge is 1.97. The lowest BCUT2D eigenvalue weighted by molar-refractivity contribution is -0.122. The number of rotatable bonds is 7. The van der Waals surface area contributed by atoms with E-state index in [0.717, 1.165) is 12.2 Å². The molecule has 0 aliphatic heterocycles. The van der Waals surface area contributed by atoms with E-state index in [1.807, 2.05) is 13.1 Å². The Labute approximate surface area is 88.4 Å². The number of carbonyl (C=O) groups excluding carboxylic acids is 1. The number of hydrogen-bond acceptors (Lipinski definition) is 4. The summed E-state index contributed by atoms with van der Waals surface area (Å²) in [4.78, 5) is 10.3. The Morgan fingerprint density at radius 1 is 1.73 bits per heavy atom. The molecule has 1 heterocycles. The van der Waals surface area contributed by atoms with Crippen molar-refractivity contribution < 1.29 is 9.53 Å². The maximum Gasteiger partial charge on any atom is 0.243 e. The molecule has 0 atom stereocenters. The molecular formula is C9H16N4O2. The van der Waals surface area contributed by atoms with Gasteiger partial charge in [-0.2, -0.15) is 5.10 Å². The van der Waals surface area contributed by atoms with Gasteiger partial charge in [0, 0.05) is 26.3 Å². The lowest BCUT2D eigenvalue weighted by atomic mass is 10.4. The molecule has 1 aromatic heterocycles. The Morgan fingerprint density at radius 2 is 2.53 bits per heavy atom. The van der Waals surface area contributed by atoms with Crippen molar-refractivity contribution in [3.63, 3.8) is 0 Å². The number of aryl methyl sites for hydroxylation is 1. The number of nitrogens with two attached hydrogens (primary N) is 1. The van der Waals surface area contributed by atoms with E-state index in [1.165, 1.54) is 0 Å². The van der Waals surface area contributed by atoms with Gasteiger partial charge >= 0.3 is 0 Å². The van der Waals surface area contributed by atoms with Gasteiger partial charge < -0.3 is 15.8 Å². The molecule has 3 N–H and O–H groups in total. The molecule has 0 fully saturated rings. The van der Waals surface area contributed by atoms with E-state index in [0.29, 0.717) is 13.2 Å². The van der Waals surface area contributed by atoms with Crippen LogP contribution in [0.15, 0.2) is 12.3 Å². The maximum absolute atomic E-state index is 10.3. The summed E-state index contributed by atoms with van der Waals surface area (Å²) in [6.45, 7) is 1.86. The number of primary amides is 1. The van der Waals surface area contributed by atoms with E-state index < -0.39 is 5.91 Å². The molecule has 0 bridgehead atoms. The molecule has 84 valence electrons. The second-order valence-corrected chi connectivity index (χ2v) is 3.14. The number of nitrogens with one attached hydrogen (secondary N) is 1. The monoisotopic (exact) mass is 212 g/mol. The Kier molecular flexibility index (Phi) is 4.79. The van der Waals surface area contributed by atoms with E-state index in [1.54, 1.807) is 10.9 Å². The second-order valence-electron chi connectivity index (χ2n) is 3.14. The third-order valence-electron chi connectivity index (χ3n) is 1.90. The van der Waals surface area contributed by atoms with Gasteiger partial charge in [-0.1, -0.05) is 0 Å². The van der Waals surface area contributed by atoms with Crippen LogP contribution >= 0.6 is 0 Å². The average molecular weight is 212 g/mol. The summed E-state index contributed by atoms with van der Waals surface area (Å²) in [7, 11) is 1.89. The molecule has 0 saturated heterocycles. The van der Waals surface area contributed by atoms with Crippen LogP contribution in [0.1, 0.15) is 5.69 Å². The average Bonchev–Trinajstić information content (AvgIpc) is 2.57. The minimum absolute atomic E-state index is 0.0204. The fourth-order valence-electron chi connectivity index (χ4n) is 1.11. The molecule has 1 aromatic rings. The molecule has 0 aliphatic carbocycles. The molecule has 0 spiro atoms. The molecule has 1 rings (SSSR count). The highest BCUT2D eigenvalue weighted by Crippen LogP contribution is 1.94. The number of nitrogens with zero attached hydrogens (tertiary/aromatic N) is 2.